The van der Waals surface area contributed by atoms with Gasteiger partial charge >= 0.3 is 6.09 Å². The van der Waals surface area contributed by atoms with Gasteiger partial charge in [-0.1, -0.05) is 0 Å². The minimum atomic E-state index is -0.919. The number of likely N-dealkylation sites (tertiary alicyclic amines) is 1. The number of carbonyl (C=O) groups is 2. The lowest BCUT2D eigenvalue weighted by Crippen LogP contribution is -2.40. The van der Waals surface area contributed by atoms with Gasteiger partial charge < -0.3 is 19.8 Å². The number of rotatable bonds is 7. The van der Waals surface area contributed by atoms with Gasteiger partial charge in [0, 0.05) is 25.7 Å². The van der Waals surface area contributed by atoms with E-state index >= 15 is 0 Å². The van der Waals surface area contributed by atoms with Crippen LogP contribution >= 0.6 is 0 Å². The van der Waals surface area contributed by atoms with Crippen molar-refractivity contribution in [1.29, 1.82) is 0 Å². The van der Waals surface area contributed by atoms with Crippen molar-refractivity contribution in [3.63, 3.8) is 0 Å². The summed E-state index contributed by atoms with van der Waals surface area (Å²) >= 11 is 0. The first-order valence-corrected chi connectivity index (χ1v) is 7.52. The third-order valence-electron chi connectivity index (χ3n) is 3.41. The van der Waals surface area contributed by atoms with Crippen molar-refractivity contribution < 1.29 is 28.8 Å². The SMILES string of the molecule is O=C(NCCO[N+](=O)[O-])c1ccc[n+](COC(=O)N2CCCC2)c1. The Morgan fingerprint density at radius 1 is 1.38 bits per heavy atom. The molecule has 0 spiro atoms. The van der Waals surface area contributed by atoms with E-state index in [1.165, 1.54) is 6.20 Å². The fourth-order valence-corrected chi connectivity index (χ4v) is 2.24. The zero-order chi connectivity index (χ0) is 17.4. The molecule has 0 saturated carbocycles. The first-order chi connectivity index (χ1) is 11.6. The van der Waals surface area contributed by atoms with Crippen LogP contribution in [0.5, 0.6) is 0 Å². The summed E-state index contributed by atoms with van der Waals surface area (Å²) in [7, 11) is 0. The van der Waals surface area contributed by atoms with Crippen molar-refractivity contribution in [3.8, 4) is 0 Å². The molecule has 24 heavy (non-hydrogen) atoms. The van der Waals surface area contributed by atoms with Crippen LogP contribution in [0.2, 0.25) is 0 Å². The molecule has 0 atom stereocenters. The zero-order valence-electron chi connectivity index (χ0n) is 13.1. The number of nitrogens with zero attached hydrogens (tertiary/aromatic N) is 3. The number of aromatic nitrogens is 1. The lowest BCUT2D eigenvalue weighted by molar-refractivity contribution is -0.757. The molecule has 1 fully saturated rings. The standard InChI is InChI=1S/C14H18N4O6/c19-13(15-5-9-24-18(21)22)12-4-3-6-16(10-12)11-23-14(20)17-7-1-2-8-17/h3-4,6,10H,1-2,5,7-9,11H2/p+1. The molecule has 2 rings (SSSR count). The molecule has 0 aliphatic carbocycles. The molecule has 2 amide bonds. The highest BCUT2D eigenvalue weighted by Crippen LogP contribution is 2.08. The molecule has 0 bridgehead atoms. The van der Waals surface area contributed by atoms with Crippen LogP contribution in [0.25, 0.3) is 0 Å². The monoisotopic (exact) mass is 339 g/mol. The first-order valence-electron chi connectivity index (χ1n) is 7.52. The van der Waals surface area contributed by atoms with Crippen LogP contribution in [-0.2, 0) is 16.3 Å². The molecule has 10 nitrogen and oxygen atoms in total. The molecule has 1 aromatic rings. The third-order valence-corrected chi connectivity index (χ3v) is 3.41. The predicted molar refractivity (Wildman–Crippen MR) is 79.2 cm³/mol. The number of amides is 2. The van der Waals surface area contributed by atoms with E-state index in [0.29, 0.717) is 18.7 Å². The maximum atomic E-state index is 11.9. The zero-order valence-corrected chi connectivity index (χ0v) is 13.1. The first kappa shape index (κ1) is 17.4. The second-order valence-corrected chi connectivity index (χ2v) is 5.15. The molecule has 1 N–H and O–H groups in total. The van der Waals surface area contributed by atoms with Crippen LogP contribution in [0, 0.1) is 10.1 Å². The summed E-state index contributed by atoms with van der Waals surface area (Å²) in [5, 5.41) is 11.6. The molecule has 0 aromatic carbocycles. The maximum Gasteiger partial charge on any atom is 0.414 e. The fourth-order valence-electron chi connectivity index (χ4n) is 2.24. The molecule has 1 aliphatic rings. The van der Waals surface area contributed by atoms with Crippen molar-refractivity contribution in [2.75, 3.05) is 26.2 Å². The van der Waals surface area contributed by atoms with Gasteiger partial charge in [0.15, 0.2) is 12.4 Å². The van der Waals surface area contributed by atoms with Crippen LogP contribution in [0.4, 0.5) is 4.79 Å². The van der Waals surface area contributed by atoms with Gasteiger partial charge in [0.1, 0.15) is 12.2 Å². The van der Waals surface area contributed by atoms with Gasteiger partial charge in [-0.25, -0.2) is 4.79 Å². The van der Waals surface area contributed by atoms with Crippen molar-refractivity contribution >= 4 is 12.0 Å². The largest absolute Gasteiger partial charge is 0.414 e. The van der Waals surface area contributed by atoms with Gasteiger partial charge in [0.25, 0.3) is 17.7 Å². The Labute approximate surface area is 138 Å². The van der Waals surface area contributed by atoms with Crippen LogP contribution in [0.15, 0.2) is 24.5 Å². The topological polar surface area (TPSA) is 115 Å². The van der Waals surface area contributed by atoms with E-state index in [2.05, 4.69) is 10.2 Å². The number of carbonyl (C=O) groups excluding carboxylic acids is 2. The minimum absolute atomic E-state index is 0.000881. The quantitative estimate of drug-likeness (QED) is 0.326. The van der Waals surface area contributed by atoms with E-state index < -0.39 is 11.0 Å². The average Bonchev–Trinajstić information content (AvgIpc) is 3.11. The smallest absolute Gasteiger partial charge is 0.388 e. The van der Waals surface area contributed by atoms with E-state index in [9.17, 15) is 19.7 Å². The third kappa shape index (κ3) is 5.38. The highest BCUT2D eigenvalue weighted by molar-refractivity contribution is 5.93. The van der Waals surface area contributed by atoms with Gasteiger partial charge in [-0.05, 0) is 18.9 Å². The van der Waals surface area contributed by atoms with Gasteiger partial charge in [-0.15, -0.1) is 10.1 Å². The molecular weight excluding hydrogens is 320 g/mol. The Balaban J connectivity index is 1.80. The summed E-state index contributed by atoms with van der Waals surface area (Å²) in [5.74, 6) is -0.401. The summed E-state index contributed by atoms with van der Waals surface area (Å²) in [6.07, 6.45) is 4.80. The van der Waals surface area contributed by atoms with E-state index in [-0.39, 0.29) is 26.0 Å². The van der Waals surface area contributed by atoms with Crippen LogP contribution in [-0.4, -0.2) is 48.2 Å². The maximum absolute atomic E-state index is 11.9. The summed E-state index contributed by atoms with van der Waals surface area (Å²) in [6.45, 7) is 1.20. The van der Waals surface area contributed by atoms with E-state index in [4.69, 9.17) is 4.74 Å². The Hall–Kier alpha value is -2.91. The van der Waals surface area contributed by atoms with Crippen molar-refractivity contribution in [2.24, 2.45) is 0 Å². The van der Waals surface area contributed by atoms with Crippen molar-refractivity contribution in [2.45, 2.75) is 19.6 Å². The average molecular weight is 339 g/mol. The predicted octanol–water partition coefficient (Wildman–Crippen LogP) is 0.102. The van der Waals surface area contributed by atoms with Crippen LogP contribution in [0.1, 0.15) is 23.2 Å². The molecule has 1 saturated heterocycles. The van der Waals surface area contributed by atoms with E-state index in [0.717, 1.165) is 12.8 Å². The van der Waals surface area contributed by atoms with E-state index in [1.807, 2.05) is 0 Å². The van der Waals surface area contributed by atoms with Crippen molar-refractivity contribution in [3.05, 3.63) is 40.2 Å². The summed E-state index contributed by atoms with van der Waals surface area (Å²) in [4.78, 5) is 39.5. The van der Waals surface area contributed by atoms with Crippen molar-refractivity contribution in [1.82, 2.24) is 10.2 Å². The molecule has 0 radical (unpaired) electrons. The molecule has 1 aromatic heterocycles. The molecule has 2 heterocycles. The van der Waals surface area contributed by atoms with Gasteiger partial charge in [-0.3, -0.25) is 4.79 Å². The van der Waals surface area contributed by atoms with Crippen LogP contribution < -0.4 is 9.88 Å². The van der Waals surface area contributed by atoms with E-state index in [1.54, 1.807) is 27.8 Å². The second-order valence-electron chi connectivity index (χ2n) is 5.15. The molecular formula is C14H19N4O6+. The number of pyridine rings is 1. The molecule has 130 valence electrons. The minimum Gasteiger partial charge on any atom is -0.388 e. The highest BCUT2D eigenvalue weighted by atomic mass is 16.9. The summed E-state index contributed by atoms with van der Waals surface area (Å²) < 4.78 is 6.76. The summed E-state index contributed by atoms with van der Waals surface area (Å²) in [5.41, 5.74) is 0.343. The number of ether oxygens (including phenoxy) is 1. The van der Waals surface area contributed by atoms with Gasteiger partial charge in [0.05, 0.1) is 0 Å². The highest BCUT2D eigenvalue weighted by Gasteiger charge is 2.20. The Kier molecular flexibility index (Phi) is 6.29. The normalized spacial score (nSPS) is 13.4. The number of nitrogens with one attached hydrogen (secondary N) is 1. The van der Waals surface area contributed by atoms with Gasteiger partial charge in [0.2, 0.25) is 0 Å². The summed E-state index contributed by atoms with van der Waals surface area (Å²) in [6, 6.07) is 3.23. The number of hydrogen-bond donors (Lipinski definition) is 1. The number of hydrogen-bond acceptors (Lipinski definition) is 6. The van der Waals surface area contributed by atoms with Crippen LogP contribution in [0.3, 0.4) is 0 Å². The molecule has 0 unspecified atom stereocenters. The molecule has 1 aliphatic heterocycles. The van der Waals surface area contributed by atoms with Gasteiger partial charge in [-0.2, -0.15) is 4.57 Å². The second kappa shape index (κ2) is 8.65. The molecule has 10 heteroatoms. The Bertz CT molecular complexity index is 603. The Morgan fingerprint density at radius 3 is 2.83 bits per heavy atom. The Morgan fingerprint density at radius 2 is 2.12 bits per heavy atom. The fraction of sp³-hybridized carbons (Fsp3) is 0.500. The lowest BCUT2D eigenvalue weighted by Gasteiger charge is -2.13. The lowest BCUT2D eigenvalue weighted by atomic mass is 10.2.